The molecule has 1 N–H and O–H groups in total. The molecule has 0 aliphatic rings. The Morgan fingerprint density at radius 3 is 2.17 bits per heavy atom. The first-order valence-electron chi connectivity index (χ1n) is 9.38. The third kappa shape index (κ3) is 5.44. The van der Waals surface area contributed by atoms with Gasteiger partial charge in [0.15, 0.2) is 0 Å². The van der Waals surface area contributed by atoms with Crippen LogP contribution >= 0.6 is 0 Å². The van der Waals surface area contributed by atoms with Gasteiger partial charge in [-0.2, -0.15) is 0 Å². The predicted octanol–water partition coefficient (Wildman–Crippen LogP) is 3.78. The van der Waals surface area contributed by atoms with Crippen molar-refractivity contribution in [1.29, 1.82) is 0 Å². The second-order valence-electron chi connectivity index (χ2n) is 7.99. The molecule has 1 heterocycles. The van der Waals surface area contributed by atoms with Crippen molar-refractivity contribution in [2.75, 3.05) is 0 Å². The van der Waals surface area contributed by atoms with Gasteiger partial charge in [0.2, 0.25) is 11.6 Å². The molecule has 0 saturated carbocycles. The monoisotopic (exact) mass is 406 g/mol. The van der Waals surface area contributed by atoms with Crippen molar-refractivity contribution >= 4 is 11.9 Å². The third-order valence-electron chi connectivity index (χ3n) is 4.17. The quantitative estimate of drug-likeness (QED) is 0.615. The summed E-state index contributed by atoms with van der Waals surface area (Å²) in [5, 5.41) is 25.8. The van der Waals surface area contributed by atoms with Gasteiger partial charge < -0.3 is 9.84 Å². The largest absolute Gasteiger partial charge is 0.478 e. The van der Waals surface area contributed by atoms with E-state index in [1.54, 1.807) is 6.07 Å². The molecule has 0 bridgehead atoms. The molecule has 3 aromatic rings. The van der Waals surface area contributed by atoms with Gasteiger partial charge >= 0.3 is 11.9 Å². The molecule has 0 radical (unpaired) electrons. The number of esters is 1. The van der Waals surface area contributed by atoms with E-state index in [-0.39, 0.29) is 35.8 Å². The summed E-state index contributed by atoms with van der Waals surface area (Å²) in [4.78, 5) is 23.5. The van der Waals surface area contributed by atoms with Crippen LogP contribution in [0.25, 0.3) is 22.8 Å². The third-order valence-corrected chi connectivity index (χ3v) is 4.17. The van der Waals surface area contributed by atoms with E-state index in [0.717, 1.165) is 5.56 Å². The van der Waals surface area contributed by atoms with E-state index in [1.165, 1.54) is 12.1 Å². The van der Waals surface area contributed by atoms with E-state index < -0.39 is 5.97 Å². The number of carbonyl (C=O) groups is 2. The van der Waals surface area contributed by atoms with Crippen molar-refractivity contribution in [2.24, 2.45) is 5.41 Å². The van der Waals surface area contributed by atoms with Crippen LogP contribution in [0, 0.1) is 5.41 Å². The lowest BCUT2D eigenvalue weighted by Gasteiger charge is -2.17. The normalized spacial score (nSPS) is 11.2. The Labute approximate surface area is 174 Å². The fraction of sp³-hybridized carbons (Fsp3) is 0.273. The summed E-state index contributed by atoms with van der Waals surface area (Å²) in [6.45, 7) is 5.70. The zero-order valence-corrected chi connectivity index (χ0v) is 17.0. The number of hydrogen-bond donors (Lipinski definition) is 1. The number of aromatic nitrogens is 4. The Hall–Kier alpha value is -3.68. The molecule has 1 aromatic heterocycles. The first-order chi connectivity index (χ1) is 14.2. The highest BCUT2D eigenvalue weighted by Gasteiger charge is 2.19. The minimum absolute atomic E-state index is 0.0717. The molecule has 0 fully saturated rings. The maximum Gasteiger partial charge on any atom is 0.335 e. The Kier molecular flexibility index (Phi) is 6.15. The molecule has 2 aromatic carbocycles. The second kappa shape index (κ2) is 8.77. The topological polar surface area (TPSA) is 115 Å². The SMILES string of the molecule is CC(C)(C)CC(=O)OCc1cc(C(=O)O)ccc1-c1nnc(-c2ccccc2)nn1. The van der Waals surface area contributed by atoms with Crippen LogP contribution in [-0.2, 0) is 16.1 Å². The minimum Gasteiger partial charge on any atom is -0.478 e. The van der Waals surface area contributed by atoms with Crippen LogP contribution in [0.3, 0.4) is 0 Å². The van der Waals surface area contributed by atoms with Crippen LogP contribution in [0.2, 0.25) is 0 Å². The van der Waals surface area contributed by atoms with Gasteiger partial charge in [0.05, 0.1) is 12.0 Å². The molecule has 3 rings (SSSR count). The van der Waals surface area contributed by atoms with Gasteiger partial charge in [-0.25, -0.2) is 4.79 Å². The van der Waals surface area contributed by atoms with E-state index in [4.69, 9.17) is 4.74 Å². The number of nitrogens with zero attached hydrogens (tertiary/aromatic N) is 4. The Bertz CT molecular complexity index is 1040. The standard InChI is InChI=1S/C22H22N4O4/c1-22(2,3)12-18(27)30-13-16-11-15(21(28)29)9-10-17(16)20-25-23-19(24-26-20)14-7-5-4-6-8-14/h4-11H,12-13H2,1-3H3,(H,28,29). The van der Waals surface area contributed by atoms with Crippen LogP contribution in [0.1, 0.15) is 43.1 Å². The van der Waals surface area contributed by atoms with Gasteiger partial charge in [-0.05, 0) is 23.6 Å². The summed E-state index contributed by atoms with van der Waals surface area (Å²) in [7, 11) is 0. The number of ether oxygens (including phenoxy) is 1. The highest BCUT2D eigenvalue weighted by atomic mass is 16.5. The van der Waals surface area contributed by atoms with E-state index >= 15 is 0 Å². The molecule has 154 valence electrons. The molecule has 0 saturated heterocycles. The molecule has 0 unspecified atom stereocenters. The number of carbonyl (C=O) groups excluding carboxylic acids is 1. The van der Waals surface area contributed by atoms with Crippen molar-refractivity contribution in [1.82, 2.24) is 20.4 Å². The smallest absolute Gasteiger partial charge is 0.335 e. The predicted molar refractivity (Wildman–Crippen MR) is 109 cm³/mol. The molecule has 0 amide bonds. The van der Waals surface area contributed by atoms with Crippen LogP contribution < -0.4 is 0 Å². The summed E-state index contributed by atoms with van der Waals surface area (Å²) in [6.07, 6.45) is 0.242. The van der Waals surface area contributed by atoms with Gasteiger partial charge in [-0.1, -0.05) is 51.1 Å². The van der Waals surface area contributed by atoms with Crippen molar-refractivity contribution < 1.29 is 19.4 Å². The van der Waals surface area contributed by atoms with E-state index in [9.17, 15) is 14.7 Å². The lowest BCUT2D eigenvalue weighted by Crippen LogP contribution is -2.15. The zero-order valence-electron chi connectivity index (χ0n) is 17.0. The molecule has 8 heteroatoms. The van der Waals surface area contributed by atoms with Gasteiger partial charge in [0.1, 0.15) is 6.61 Å². The highest BCUT2D eigenvalue weighted by Crippen LogP contribution is 2.24. The summed E-state index contributed by atoms with van der Waals surface area (Å²) in [5.41, 5.74) is 1.60. The number of carboxylic acid groups (broad SMARTS) is 1. The highest BCUT2D eigenvalue weighted by molar-refractivity contribution is 5.88. The van der Waals surface area contributed by atoms with E-state index in [0.29, 0.717) is 17.0 Å². The molecular formula is C22H22N4O4. The number of benzene rings is 2. The first kappa shape index (κ1) is 21.0. The van der Waals surface area contributed by atoms with E-state index in [1.807, 2.05) is 51.1 Å². The van der Waals surface area contributed by atoms with Crippen molar-refractivity contribution in [2.45, 2.75) is 33.8 Å². The summed E-state index contributed by atoms with van der Waals surface area (Å²) >= 11 is 0. The van der Waals surface area contributed by atoms with E-state index in [2.05, 4.69) is 20.4 Å². The Morgan fingerprint density at radius 1 is 0.933 bits per heavy atom. The second-order valence-corrected chi connectivity index (χ2v) is 7.99. The zero-order chi connectivity index (χ0) is 21.7. The van der Waals surface area contributed by atoms with Crippen LogP contribution in [0.15, 0.2) is 48.5 Å². The van der Waals surface area contributed by atoms with Crippen LogP contribution in [-0.4, -0.2) is 37.4 Å². The van der Waals surface area contributed by atoms with Crippen LogP contribution in [0.5, 0.6) is 0 Å². The summed E-state index contributed by atoms with van der Waals surface area (Å²) in [6, 6.07) is 13.7. The Morgan fingerprint density at radius 2 is 1.57 bits per heavy atom. The molecule has 8 nitrogen and oxygen atoms in total. The average Bonchev–Trinajstić information content (AvgIpc) is 2.71. The van der Waals surface area contributed by atoms with Crippen molar-refractivity contribution in [3.8, 4) is 22.8 Å². The minimum atomic E-state index is -1.08. The molecular weight excluding hydrogens is 384 g/mol. The molecule has 0 spiro atoms. The number of rotatable bonds is 6. The van der Waals surface area contributed by atoms with Crippen LogP contribution in [0.4, 0.5) is 0 Å². The average molecular weight is 406 g/mol. The number of hydrogen-bond acceptors (Lipinski definition) is 7. The first-order valence-corrected chi connectivity index (χ1v) is 9.38. The fourth-order valence-corrected chi connectivity index (χ4v) is 2.75. The maximum absolute atomic E-state index is 12.1. The molecule has 0 aliphatic carbocycles. The summed E-state index contributed by atoms with van der Waals surface area (Å²) < 4.78 is 5.37. The lowest BCUT2D eigenvalue weighted by molar-refractivity contribution is -0.147. The van der Waals surface area contributed by atoms with Crippen molar-refractivity contribution in [3.63, 3.8) is 0 Å². The molecule has 0 atom stereocenters. The van der Waals surface area contributed by atoms with Crippen molar-refractivity contribution in [3.05, 3.63) is 59.7 Å². The van der Waals surface area contributed by atoms with Gasteiger partial charge in [-0.3, -0.25) is 4.79 Å². The molecule has 30 heavy (non-hydrogen) atoms. The van der Waals surface area contributed by atoms with Gasteiger partial charge in [0.25, 0.3) is 0 Å². The maximum atomic E-state index is 12.1. The number of aromatic carboxylic acids is 1. The van der Waals surface area contributed by atoms with Gasteiger partial charge in [-0.15, -0.1) is 20.4 Å². The fourth-order valence-electron chi connectivity index (χ4n) is 2.75. The number of carboxylic acids is 1. The molecule has 0 aliphatic heterocycles. The Balaban J connectivity index is 1.88. The van der Waals surface area contributed by atoms with Gasteiger partial charge in [0, 0.05) is 16.7 Å². The summed E-state index contributed by atoms with van der Waals surface area (Å²) in [5.74, 6) is -0.862. The lowest BCUT2D eigenvalue weighted by atomic mass is 9.92.